The van der Waals surface area contributed by atoms with Crippen LogP contribution in [0.15, 0.2) is 24.5 Å². The number of benzene rings is 1. The van der Waals surface area contributed by atoms with Gasteiger partial charge in [0.05, 0.1) is 25.4 Å². The molecule has 3 rings (SSSR count). The monoisotopic (exact) mass is 448 g/mol. The van der Waals surface area contributed by atoms with Crippen molar-refractivity contribution in [2.24, 2.45) is 0 Å². The summed E-state index contributed by atoms with van der Waals surface area (Å²) < 4.78 is 19.8. The molecule has 1 aliphatic rings. The SMILES string of the molecule is COc1cnc(C(C)(C)C(=O)NCc2cc(F)c(C3CCC(=O)NC3=O)c(Cl)c2)nc1. The summed E-state index contributed by atoms with van der Waals surface area (Å²) in [5, 5.41) is 5.00. The number of halogens is 2. The van der Waals surface area contributed by atoms with Crippen LogP contribution in [0.3, 0.4) is 0 Å². The highest BCUT2D eigenvalue weighted by molar-refractivity contribution is 6.31. The second kappa shape index (κ2) is 8.97. The Labute approximate surface area is 183 Å². The highest BCUT2D eigenvalue weighted by atomic mass is 35.5. The Morgan fingerprint density at radius 3 is 2.58 bits per heavy atom. The Bertz CT molecular complexity index is 1000. The summed E-state index contributed by atoms with van der Waals surface area (Å²) in [6.45, 7) is 3.36. The van der Waals surface area contributed by atoms with Gasteiger partial charge in [-0.15, -0.1) is 0 Å². The molecule has 2 N–H and O–H groups in total. The van der Waals surface area contributed by atoms with E-state index in [4.69, 9.17) is 16.3 Å². The van der Waals surface area contributed by atoms with Gasteiger partial charge in [0.1, 0.15) is 17.1 Å². The largest absolute Gasteiger partial charge is 0.494 e. The smallest absolute Gasteiger partial charge is 0.234 e. The zero-order valence-electron chi connectivity index (χ0n) is 17.3. The summed E-state index contributed by atoms with van der Waals surface area (Å²) in [6, 6.07) is 2.73. The van der Waals surface area contributed by atoms with E-state index in [1.807, 2.05) is 0 Å². The molecule has 1 aliphatic heterocycles. The van der Waals surface area contributed by atoms with E-state index in [1.165, 1.54) is 31.6 Å². The van der Waals surface area contributed by atoms with E-state index in [-0.39, 0.29) is 41.8 Å². The highest BCUT2D eigenvalue weighted by Gasteiger charge is 2.34. The molecule has 1 fully saturated rings. The number of imide groups is 1. The van der Waals surface area contributed by atoms with Gasteiger partial charge in [0.15, 0.2) is 5.75 Å². The molecule has 0 radical (unpaired) electrons. The third-order valence-corrected chi connectivity index (χ3v) is 5.48. The van der Waals surface area contributed by atoms with Crippen molar-refractivity contribution in [2.45, 2.75) is 44.6 Å². The topological polar surface area (TPSA) is 110 Å². The van der Waals surface area contributed by atoms with Crippen molar-refractivity contribution in [1.29, 1.82) is 0 Å². The molecular weight excluding hydrogens is 427 g/mol. The lowest BCUT2D eigenvalue weighted by molar-refractivity contribution is -0.134. The van der Waals surface area contributed by atoms with Crippen molar-refractivity contribution in [2.75, 3.05) is 7.11 Å². The molecule has 1 aromatic heterocycles. The number of ether oxygens (including phenoxy) is 1. The van der Waals surface area contributed by atoms with Crippen molar-refractivity contribution < 1.29 is 23.5 Å². The van der Waals surface area contributed by atoms with Crippen LogP contribution in [-0.2, 0) is 26.3 Å². The maximum atomic E-state index is 14.8. The second-order valence-electron chi connectivity index (χ2n) is 7.73. The zero-order valence-corrected chi connectivity index (χ0v) is 18.0. The van der Waals surface area contributed by atoms with Crippen LogP contribution in [0.1, 0.15) is 49.6 Å². The summed E-state index contributed by atoms with van der Waals surface area (Å²) in [5.41, 5.74) is -0.562. The number of nitrogens with one attached hydrogen (secondary N) is 2. The van der Waals surface area contributed by atoms with Crippen molar-refractivity contribution in [3.05, 3.63) is 52.3 Å². The van der Waals surface area contributed by atoms with Gasteiger partial charge in [-0.25, -0.2) is 14.4 Å². The standard InChI is InChI=1S/C21H22ClFN4O4/c1-21(2,19-24-9-12(31-3)10-25-19)20(30)26-8-11-6-14(22)17(15(23)7-11)13-4-5-16(28)27-18(13)29/h6-7,9-10,13H,4-5,8H2,1-3H3,(H,26,30)(H,27,28,29). The van der Waals surface area contributed by atoms with Crippen LogP contribution >= 0.6 is 11.6 Å². The van der Waals surface area contributed by atoms with Crippen LogP contribution in [0.25, 0.3) is 0 Å². The van der Waals surface area contributed by atoms with Crippen LogP contribution < -0.4 is 15.4 Å². The van der Waals surface area contributed by atoms with E-state index in [2.05, 4.69) is 20.6 Å². The molecule has 1 unspecified atom stereocenters. The maximum Gasteiger partial charge on any atom is 0.234 e. The van der Waals surface area contributed by atoms with Crippen molar-refractivity contribution in [3.8, 4) is 5.75 Å². The Hall–Kier alpha value is -3.07. The van der Waals surface area contributed by atoms with Gasteiger partial charge in [0.2, 0.25) is 17.7 Å². The minimum atomic E-state index is -1.04. The molecule has 2 aromatic rings. The Kier molecular flexibility index (Phi) is 6.54. The molecule has 2 heterocycles. The van der Waals surface area contributed by atoms with E-state index in [0.29, 0.717) is 17.1 Å². The number of methoxy groups -OCH3 is 1. The number of hydrogen-bond donors (Lipinski definition) is 2. The van der Waals surface area contributed by atoms with Gasteiger partial charge in [-0.1, -0.05) is 11.6 Å². The molecule has 0 bridgehead atoms. The molecule has 164 valence electrons. The summed E-state index contributed by atoms with van der Waals surface area (Å²) in [6.07, 6.45) is 3.25. The lowest BCUT2D eigenvalue weighted by Gasteiger charge is -2.24. The molecule has 31 heavy (non-hydrogen) atoms. The van der Waals surface area contributed by atoms with E-state index < -0.39 is 23.1 Å². The summed E-state index contributed by atoms with van der Waals surface area (Å²) >= 11 is 6.25. The van der Waals surface area contributed by atoms with Gasteiger partial charge in [-0.3, -0.25) is 19.7 Å². The van der Waals surface area contributed by atoms with Crippen LogP contribution in [0.2, 0.25) is 5.02 Å². The highest BCUT2D eigenvalue weighted by Crippen LogP contribution is 2.33. The predicted molar refractivity (Wildman–Crippen MR) is 110 cm³/mol. The number of carbonyl (C=O) groups is 3. The molecule has 1 aromatic carbocycles. The number of rotatable bonds is 6. The first-order chi connectivity index (χ1) is 14.6. The van der Waals surface area contributed by atoms with Gasteiger partial charge in [-0.05, 0) is 38.0 Å². The number of amides is 3. The lowest BCUT2D eigenvalue weighted by Crippen LogP contribution is -2.41. The number of piperidine rings is 1. The first-order valence-corrected chi connectivity index (χ1v) is 9.97. The second-order valence-corrected chi connectivity index (χ2v) is 8.14. The first-order valence-electron chi connectivity index (χ1n) is 9.59. The molecule has 10 heteroatoms. The van der Waals surface area contributed by atoms with Crippen LogP contribution in [-0.4, -0.2) is 34.8 Å². The average Bonchev–Trinajstić information content (AvgIpc) is 2.73. The van der Waals surface area contributed by atoms with Crippen LogP contribution in [0.5, 0.6) is 5.75 Å². The van der Waals surface area contributed by atoms with Crippen molar-refractivity contribution >= 4 is 29.3 Å². The maximum absolute atomic E-state index is 14.8. The van der Waals surface area contributed by atoms with E-state index in [1.54, 1.807) is 13.8 Å². The average molecular weight is 449 g/mol. The summed E-state index contributed by atoms with van der Waals surface area (Å²) in [5.74, 6) is -2.03. The molecule has 0 aliphatic carbocycles. The molecule has 0 saturated carbocycles. The van der Waals surface area contributed by atoms with E-state index in [0.717, 1.165) is 0 Å². The number of hydrogen-bond acceptors (Lipinski definition) is 6. The normalized spacial score (nSPS) is 16.6. The Morgan fingerprint density at radius 2 is 2.00 bits per heavy atom. The van der Waals surface area contributed by atoms with Crippen molar-refractivity contribution in [1.82, 2.24) is 20.6 Å². The third kappa shape index (κ3) is 4.82. The first kappa shape index (κ1) is 22.6. The molecule has 3 amide bonds. The fourth-order valence-corrected chi connectivity index (χ4v) is 3.65. The fraction of sp³-hybridized carbons (Fsp3) is 0.381. The van der Waals surface area contributed by atoms with E-state index in [9.17, 15) is 18.8 Å². The Morgan fingerprint density at radius 1 is 1.32 bits per heavy atom. The van der Waals surface area contributed by atoms with Gasteiger partial charge in [0.25, 0.3) is 0 Å². The number of aromatic nitrogens is 2. The fourth-order valence-electron chi connectivity index (χ4n) is 3.29. The molecular formula is C21H22ClFN4O4. The minimum Gasteiger partial charge on any atom is -0.494 e. The van der Waals surface area contributed by atoms with E-state index >= 15 is 0 Å². The molecule has 1 atom stereocenters. The third-order valence-electron chi connectivity index (χ3n) is 5.17. The summed E-state index contributed by atoms with van der Waals surface area (Å²) in [7, 11) is 1.49. The summed E-state index contributed by atoms with van der Waals surface area (Å²) in [4.78, 5) is 44.4. The molecule has 8 nitrogen and oxygen atoms in total. The van der Waals surface area contributed by atoms with Gasteiger partial charge in [-0.2, -0.15) is 0 Å². The number of carbonyl (C=O) groups excluding carboxylic acids is 3. The van der Waals surface area contributed by atoms with Gasteiger partial charge >= 0.3 is 0 Å². The lowest BCUT2D eigenvalue weighted by atomic mass is 9.89. The quantitative estimate of drug-likeness (QED) is 0.656. The Balaban J connectivity index is 1.72. The van der Waals surface area contributed by atoms with Gasteiger partial charge < -0.3 is 10.1 Å². The van der Waals surface area contributed by atoms with Crippen LogP contribution in [0, 0.1) is 5.82 Å². The van der Waals surface area contributed by atoms with Gasteiger partial charge in [0, 0.05) is 23.6 Å². The number of nitrogens with zero attached hydrogens (tertiary/aromatic N) is 2. The van der Waals surface area contributed by atoms with Crippen molar-refractivity contribution in [3.63, 3.8) is 0 Å². The molecule has 1 saturated heterocycles. The molecule has 0 spiro atoms. The zero-order chi connectivity index (χ0) is 22.8. The minimum absolute atomic E-state index is 0.0185. The van der Waals surface area contributed by atoms with Crippen LogP contribution in [0.4, 0.5) is 4.39 Å². The predicted octanol–water partition coefficient (Wildman–Crippen LogP) is 2.39.